The molecule has 2 aromatic heterocycles. The lowest BCUT2D eigenvalue weighted by Crippen LogP contribution is -2.11. The molecule has 0 saturated heterocycles. The first-order chi connectivity index (χ1) is 18.8. The zero-order valence-corrected chi connectivity index (χ0v) is 23.0. The predicted octanol–water partition coefficient (Wildman–Crippen LogP) is 7.02. The van der Waals surface area contributed by atoms with Crippen molar-refractivity contribution >= 4 is 23.5 Å². The van der Waals surface area contributed by atoms with Crippen LogP contribution >= 0.6 is 23.5 Å². The topological polar surface area (TPSA) is 75.0 Å². The van der Waals surface area contributed by atoms with Crippen LogP contribution in [-0.4, -0.2) is 45.2 Å². The standard InChI is InChI=1S/C25H21F6N5O2S2/c1-13-5-20(33-22(32-13)39-4)40-23-34-21(15-8-16(24(26,27)28)10-17(9-15)25(29,30)31)35-36(23)12-14-6-18(37-2)11-19(7-14)38-3/h5-11H,12H2,1-4H3. The lowest BCUT2D eigenvalue weighted by Gasteiger charge is -2.13. The van der Waals surface area contributed by atoms with E-state index in [1.54, 1.807) is 37.4 Å². The molecule has 15 heteroatoms. The van der Waals surface area contributed by atoms with E-state index in [0.717, 1.165) is 11.8 Å². The second-order valence-electron chi connectivity index (χ2n) is 8.33. The van der Waals surface area contributed by atoms with Crippen molar-refractivity contribution in [3.63, 3.8) is 0 Å². The van der Waals surface area contributed by atoms with Gasteiger partial charge in [0.15, 0.2) is 16.1 Å². The van der Waals surface area contributed by atoms with Crippen LogP contribution in [0.25, 0.3) is 11.4 Å². The Labute approximate surface area is 233 Å². The maximum atomic E-state index is 13.5. The first kappa shape index (κ1) is 29.5. The zero-order valence-electron chi connectivity index (χ0n) is 21.4. The molecular formula is C25H21F6N5O2S2. The van der Waals surface area contributed by atoms with E-state index in [0.29, 0.717) is 45.1 Å². The van der Waals surface area contributed by atoms with Crippen LogP contribution in [0, 0.1) is 6.92 Å². The maximum absolute atomic E-state index is 13.5. The van der Waals surface area contributed by atoms with E-state index in [1.807, 2.05) is 0 Å². The van der Waals surface area contributed by atoms with Crippen LogP contribution in [0.15, 0.2) is 57.8 Å². The monoisotopic (exact) mass is 601 g/mol. The molecule has 0 unspecified atom stereocenters. The number of methoxy groups -OCH3 is 2. The average Bonchev–Trinajstić information content (AvgIpc) is 3.28. The Morgan fingerprint density at radius 1 is 0.800 bits per heavy atom. The number of ether oxygens (including phenoxy) is 2. The highest BCUT2D eigenvalue weighted by molar-refractivity contribution is 7.99. The molecule has 0 N–H and O–H groups in total. The summed E-state index contributed by atoms with van der Waals surface area (Å²) in [6.07, 6.45) is -8.23. The number of aryl methyl sites for hydroxylation is 1. The van der Waals surface area contributed by atoms with Crippen molar-refractivity contribution in [1.29, 1.82) is 0 Å². The quantitative estimate of drug-likeness (QED) is 0.0924. The number of hydrogen-bond acceptors (Lipinski definition) is 8. The smallest absolute Gasteiger partial charge is 0.416 e. The Hall–Kier alpha value is -3.46. The van der Waals surface area contributed by atoms with Crippen molar-refractivity contribution < 1.29 is 35.8 Å². The molecule has 0 atom stereocenters. The van der Waals surface area contributed by atoms with E-state index in [2.05, 4.69) is 20.1 Å². The van der Waals surface area contributed by atoms with Crippen LogP contribution in [0.3, 0.4) is 0 Å². The molecule has 4 aromatic rings. The summed E-state index contributed by atoms with van der Waals surface area (Å²) in [5.41, 5.74) is -2.06. The molecule has 0 bridgehead atoms. The van der Waals surface area contributed by atoms with Crippen molar-refractivity contribution in [2.75, 3.05) is 20.5 Å². The van der Waals surface area contributed by atoms with Crippen molar-refractivity contribution in [3.05, 3.63) is 64.8 Å². The van der Waals surface area contributed by atoms with Gasteiger partial charge >= 0.3 is 12.4 Å². The minimum atomic E-state index is -5.01. The van der Waals surface area contributed by atoms with Crippen molar-refractivity contribution in [2.45, 2.75) is 41.2 Å². The first-order valence-corrected chi connectivity index (χ1v) is 13.4. The zero-order chi connectivity index (χ0) is 29.2. The maximum Gasteiger partial charge on any atom is 0.416 e. The van der Waals surface area contributed by atoms with Gasteiger partial charge in [-0.3, -0.25) is 0 Å². The normalized spacial score (nSPS) is 12.1. The number of nitrogens with zero attached hydrogens (tertiary/aromatic N) is 5. The molecule has 2 aromatic carbocycles. The summed E-state index contributed by atoms with van der Waals surface area (Å²) in [4.78, 5) is 13.1. The van der Waals surface area contributed by atoms with Crippen LogP contribution in [0.4, 0.5) is 26.3 Å². The third-order valence-corrected chi connectivity index (χ3v) is 6.87. The summed E-state index contributed by atoms with van der Waals surface area (Å²) in [7, 11) is 2.94. The molecule has 0 fully saturated rings. The van der Waals surface area contributed by atoms with Gasteiger partial charge < -0.3 is 9.47 Å². The van der Waals surface area contributed by atoms with Crippen LogP contribution in [-0.2, 0) is 18.9 Å². The Kier molecular flexibility index (Phi) is 8.54. The molecule has 0 spiro atoms. The van der Waals surface area contributed by atoms with Gasteiger partial charge in [-0.25, -0.2) is 19.6 Å². The van der Waals surface area contributed by atoms with E-state index < -0.39 is 29.0 Å². The summed E-state index contributed by atoms with van der Waals surface area (Å²) in [6, 6.07) is 7.99. The minimum absolute atomic E-state index is 0.0490. The molecule has 7 nitrogen and oxygen atoms in total. The van der Waals surface area contributed by atoms with E-state index in [4.69, 9.17) is 9.47 Å². The van der Waals surface area contributed by atoms with Gasteiger partial charge in [-0.2, -0.15) is 26.3 Å². The molecule has 4 rings (SSSR count). The molecule has 0 aliphatic carbocycles. The number of rotatable bonds is 8. The fourth-order valence-electron chi connectivity index (χ4n) is 3.59. The number of hydrogen-bond donors (Lipinski definition) is 0. The summed E-state index contributed by atoms with van der Waals surface area (Å²) < 4.78 is 93.0. The van der Waals surface area contributed by atoms with Crippen molar-refractivity contribution in [3.8, 4) is 22.9 Å². The Morgan fingerprint density at radius 3 is 1.93 bits per heavy atom. The third-order valence-electron chi connectivity index (χ3n) is 5.42. The second-order valence-corrected chi connectivity index (χ2v) is 10.1. The number of benzene rings is 2. The summed E-state index contributed by atoms with van der Waals surface area (Å²) >= 11 is 2.36. The minimum Gasteiger partial charge on any atom is -0.497 e. The molecule has 40 heavy (non-hydrogen) atoms. The number of thioether (sulfide) groups is 1. The van der Waals surface area contributed by atoms with Gasteiger partial charge in [0.2, 0.25) is 0 Å². The fraction of sp³-hybridized carbons (Fsp3) is 0.280. The average molecular weight is 602 g/mol. The fourth-order valence-corrected chi connectivity index (χ4v) is 4.97. The van der Waals surface area contributed by atoms with Gasteiger partial charge in [0, 0.05) is 17.3 Å². The molecular weight excluding hydrogens is 580 g/mol. The van der Waals surface area contributed by atoms with Crippen LogP contribution < -0.4 is 9.47 Å². The van der Waals surface area contributed by atoms with Crippen molar-refractivity contribution in [1.82, 2.24) is 24.7 Å². The van der Waals surface area contributed by atoms with E-state index >= 15 is 0 Å². The number of alkyl halides is 6. The van der Waals surface area contributed by atoms with Gasteiger partial charge in [0.1, 0.15) is 16.5 Å². The summed E-state index contributed by atoms with van der Waals surface area (Å²) in [5.74, 6) is 0.644. The number of halogens is 6. The Morgan fingerprint density at radius 2 is 1.40 bits per heavy atom. The third kappa shape index (κ3) is 6.99. The van der Waals surface area contributed by atoms with Gasteiger partial charge in [-0.15, -0.1) is 5.10 Å². The van der Waals surface area contributed by atoms with Gasteiger partial charge in [-0.05, 0) is 66.9 Å². The molecule has 0 amide bonds. The highest BCUT2D eigenvalue weighted by Gasteiger charge is 2.37. The summed E-state index contributed by atoms with van der Waals surface area (Å²) in [5, 5.41) is 5.46. The molecule has 0 aliphatic heterocycles. The van der Waals surface area contributed by atoms with Gasteiger partial charge in [0.25, 0.3) is 0 Å². The van der Waals surface area contributed by atoms with E-state index in [-0.39, 0.29) is 23.6 Å². The highest BCUT2D eigenvalue weighted by Crippen LogP contribution is 2.39. The predicted molar refractivity (Wildman–Crippen MR) is 137 cm³/mol. The van der Waals surface area contributed by atoms with Gasteiger partial charge in [0.05, 0.1) is 31.9 Å². The SMILES string of the molecule is COc1cc(Cn2nc(-c3cc(C(F)(F)F)cc(C(F)(F)F)c3)nc2Sc2cc(C)nc(SC)n2)cc(OC)c1. The number of aromatic nitrogens is 5. The molecule has 212 valence electrons. The van der Waals surface area contributed by atoms with E-state index in [9.17, 15) is 26.3 Å². The first-order valence-electron chi connectivity index (χ1n) is 11.3. The van der Waals surface area contributed by atoms with Crippen molar-refractivity contribution in [2.24, 2.45) is 0 Å². The van der Waals surface area contributed by atoms with Gasteiger partial charge in [-0.1, -0.05) is 11.8 Å². The summed E-state index contributed by atoms with van der Waals surface area (Å²) in [6.45, 7) is 1.82. The van der Waals surface area contributed by atoms with Crippen LogP contribution in [0.5, 0.6) is 11.5 Å². The van der Waals surface area contributed by atoms with Crippen LogP contribution in [0.2, 0.25) is 0 Å². The second kappa shape index (κ2) is 11.6. The lowest BCUT2D eigenvalue weighted by atomic mass is 10.0. The molecule has 0 radical (unpaired) electrons. The Bertz CT molecular complexity index is 1470. The Balaban J connectivity index is 1.86. The lowest BCUT2D eigenvalue weighted by molar-refractivity contribution is -0.143. The highest BCUT2D eigenvalue weighted by atomic mass is 32.2. The molecule has 0 saturated carbocycles. The molecule has 0 aliphatic rings. The molecule has 2 heterocycles. The van der Waals surface area contributed by atoms with E-state index in [1.165, 1.54) is 30.7 Å². The van der Waals surface area contributed by atoms with Crippen LogP contribution in [0.1, 0.15) is 22.4 Å². The largest absolute Gasteiger partial charge is 0.497 e.